The van der Waals surface area contributed by atoms with Crippen LogP contribution in [0.3, 0.4) is 0 Å². The first-order valence-electron chi connectivity index (χ1n) is 7.61. The maximum atomic E-state index is 13.6. The lowest BCUT2D eigenvalue weighted by atomic mass is 10.1. The number of anilines is 1. The van der Waals surface area contributed by atoms with Crippen molar-refractivity contribution in [1.29, 1.82) is 0 Å². The van der Waals surface area contributed by atoms with Crippen LogP contribution in [0.15, 0.2) is 30.6 Å². The Hall–Kier alpha value is -2.71. The number of benzene rings is 1. The highest BCUT2D eigenvalue weighted by Gasteiger charge is 2.33. The van der Waals surface area contributed by atoms with Crippen molar-refractivity contribution in [3.63, 3.8) is 0 Å². The van der Waals surface area contributed by atoms with Gasteiger partial charge in [-0.05, 0) is 24.6 Å². The number of fused-ring (bicyclic) bond motifs is 1. The zero-order valence-corrected chi connectivity index (χ0v) is 13.9. The summed E-state index contributed by atoms with van der Waals surface area (Å²) in [7, 11) is 0. The number of nitrogens with one attached hydrogen (secondary N) is 1. The summed E-state index contributed by atoms with van der Waals surface area (Å²) in [6.07, 6.45) is -3.37. The number of nitrogens with zero attached hydrogens (tertiary/aromatic N) is 4. The van der Waals surface area contributed by atoms with Crippen LogP contribution < -0.4 is 5.32 Å². The van der Waals surface area contributed by atoms with E-state index in [-0.39, 0.29) is 6.54 Å². The van der Waals surface area contributed by atoms with Crippen LogP contribution in [0.2, 0.25) is 0 Å². The predicted octanol–water partition coefficient (Wildman–Crippen LogP) is 4.23. The van der Waals surface area contributed by atoms with E-state index in [1.807, 2.05) is 13.8 Å². The van der Waals surface area contributed by atoms with Crippen molar-refractivity contribution in [3.05, 3.63) is 53.2 Å². The molecule has 25 heavy (non-hydrogen) atoms. The van der Waals surface area contributed by atoms with Gasteiger partial charge in [0.05, 0.1) is 5.56 Å². The molecule has 9 heteroatoms. The van der Waals surface area contributed by atoms with Crippen LogP contribution in [0.5, 0.6) is 0 Å². The monoisotopic (exact) mass is 355 g/mol. The molecule has 0 saturated carbocycles. The van der Waals surface area contributed by atoms with E-state index in [0.29, 0.717) is 22.9 Å². The number of aryl methyl sites for hydroxylation is 1. The highest BCUT2D eigenvalue weighted by Crippen LogP contribution is 2.31. The third-order valence-electron chi connectivity index (χ3n) is 3.19. The van der Waals surface area contributed by atoms with Gasteiger partial charge in [0.15, 0.2) is 0 Å². The maximum absolute atomic E-state index is 13.6. The zero-order chi connectivity index (χ0) is 18.6. The van der Waals surface area contributed by atoms with Gasteiger partial charge >= 0.3 is 6.18 Å². The van der Waals surface area contributed by atoms with Crippen molar-refractivity contribution in [3.8, 4) is 0 Å². The molecular formula is C16H17F4N5. The molecule has 0 aliphatic rings. The van der Waals surface area contributed by atoms with Crippen molar-refractivity contribution in [2.75, 3.05) is 5.32 Å². The Labute approximate surface area is 141 Å². The summed E-state index contributed by atoms with van der Waals surface area (Å²) in [5.74, 6) is -0.343. The summed E-state index contributed by atoms with van der Waals surface area (Å²) in [5, 5.41) is 6.98. The van der Waals surface area contributed by atoms with E-state index >= 15 is 0 Å². The Morgan fingerprint density at radius 1 is 1.16 bits per heavy atom. The molecule has 0 atom stereocenters. The van der Waals surface area contributed by atoms with Crippen LogP contribution in [0.1, 0.15) is 30.7 Å². The number of alkyl halides is 3. The zero-order valence-electron chi connectivity index (χ0n) is 13.9. The molecule has 0 spiro atoms. The lowest BCUT2D eigenvalue weighted by Crippen LogP contribution is -2.10. The molecule has 3 aromatic rings. The number of aromatic nitrogens is 4. The predicted molar refractivity (Wildman–Crippen MR) is 85.6 cm³/mol. The first-order valence-corrected chi connectivity index (χ1v) is 7.61. The molecule has 1 N–H and O–H groups in total. The van der Waals surface area contributed by atoms with Crippen molar-refractivity contribution in [1.82, 2.24) is 19.6 Å². The van der Waals surface area contributed by atoms with E-state index in [0.717, 1.165) is 12.1 Å². The Balaban J connectivity index is 0.00000109. The number of hydrogen-bond donors (Lipinski definition) is 1. The van der Waals surface area contributed by atoms with Crippen molar-refractivity contribution in [2.45, 2.75) is 33.5 Å². The van der Waals surface area contributed by atoms with Gasteiger partial charge in [0, 0.05) is 18.3 Å². The molecule has 5 nitrogen and oxygen atoms in total. The molecule has 1 aromatic carbocycles. The van der Waals surface area contributed by atoms with Gasteiger partial charge < -0.3 is 5.32 Å². The molecule has 0 aliphatic carbocycles. The largest absolute Gasteiger partial charge is 0.419 e. The summed E-state index contributed by atoms with van der Waals surface area (Å²) >= 11 is 0. The first kappa shape index (κ1) is 18.6. The summed E-state index contributed by atoms with van der Waals surface area (Å²) in [4.78, 5) is 8.13. The second kappa shape index (κ2) is 7.45. The smallest absolute Gasteiger partial charge is 0.366 e. The summed E-state index contributed by atoms with van der Waals surface area (Å²) < 4.78 is 52.6. The third kappa shape index (κ3) is 4.23. The standard InChI is InChI=1S/C14H11F4N5.C2H6/c1-8-4-12(23-13(22-8)20-7-21-23)19-6-9-2-3-10(11(15)5-9)14(16,17)18;1-2/h2-5,7,19H,6H2,1H3;1-2H3. The molecule has 3 rings (SSSR count). The topological polar surface area (TPSA) is 55.1 Å². The van der Waals surface area contributed by atoms with Crippen molar-refractivity contribution >= 4 is 11.6 Å². The second-order valence-corrected chi connectivity index (χ2v) is 4.92. The number of rotatable bonds is 3. The molecule has 0 saturated heterocycles. The van der Waals surface area contributed by atoms with Gasteiger partial charge in [0.25, 0.3) is 5.78 Å². The average Bonchev–Trinajstić information content (AvgIpc) is 3.01. The SMILES string of the molecule is CC.Cc1cc(NCc2ccc(C(F)(F)F)c(F)c2)n2ncnc2n1. The number of hydrogen-bond acceptors (Lipinski definition) is 4. The fourth-order valence-electron chi connectivity index (χ4n) is 2.15. The van der Waals surface area contributed by atoms with Crippen LogP contribution in [0, 0.1) is 12.7 Å². The average molecular weight is 355 g/mol. The molecule has 0 unspecified atom stereocenters. The minimum Gasteiger partial charge on any atom is -0.366 e. The molecule has 0 aliphatic heterocycles. The highest BCUT2D eigenvalue weighted by atomic mass is 19.4. The van der Waals surface area contributed by atoms with Crippen LogP contribution in [-0.4, -0.2) is 19.6 Å². The lowest BCUT2D eigenvalue weighted by Gasteiger charge is -2.11. The molecule has 134 valence electrons. The third-order valence-corrected chi connectivity index (χ3v) is 3.19. The van der Waals surface area contributed by atoms with Crippen LogP contribution >= 0.6 is 0 Å². The number of halogens is 4. The Morgan fingerprint density at radius 3 is 2.52 bits per heavy atom. The normalized spacial score (nSPS) is 11.2. The Kier molecular flexibility index (Phi) is 5.55. The van der Waals surface area contributed by atoms with E-state index < -0.39 is 17.6 Å². The van der Waals surface area contributed by atoms with Gasteiger partial charge in [-0.25, -0.2) is 9.37 Å². The summed E-state index contributed by atoms with van der Waals surface area (Å²) in [5.41, 5.74) is -0.204. The van der Waals surface area contributed by atoms with Gasteiger partial charge in [0.2, 0.25) is 0 Å². The van der Waals surface area contributed by atoms with E-state index in [4.69, 9.17) is 0 Å². The lowest BCUT2D eigenvalue weighted by molar-refractivity contribution is -0.140. The van der Waals surface area contributed by atoms with E-state index in [2.05, 4.69) is 20.4 Å². The first-order chi connectivity index (χ1) is 11.8. The van der Waals surface area contributed by atoms with E-state index in [1.165, 1.54) is 16.9 Å². The minimum atomic E-state index is -4.70. The van der Waals surface area contributed by atoms with Crippen molar-refractivity contribution in [2.24, 2.45) is 0 Å². The van der Waals surface area contributed by atoms with Gasteiger partial charge in [-0.1, -0.05) is 19.9 Å². The van der Waals surface area contributed by atoms with Crippen LogP contribution in [-0.2, 0) is 12.7 Å². The minimum absolute atomic E-state index is 0.132. The summed E-state index contributed by atoms with van der Waals surface area (Å²) in [6.45, 7) is 5.91. The quantitative estimate of drug-likeness (QED) is 0.715. The van der Waals surface area contributed by atoms with Gasteiger partial charge in [0.1, 0.15) is 18.0 Å². The summed E-state index contributed by atoms with van der Waals surface area (Å²) in [6, 6.07) is 4.53. The maximum Gasteiger partial charge on any atom is 0.419 e. The fraction of sp³-hybridized carbons (Fsp3) is 0.312. The molecule has 2 aromatic heterocycles. The molecule has 2 heterocycles. The van der Waals surface area contributed by atoms with Gasteiger partial charge in [-0.2, -0.15) is 27.8 Å². The molecule has 0 radical (unpaired) electrons. The Bertz CT molecular complexity index is 857. The fourth-order valence-corrected chi connectivity index (χ4v) is 2.15. The molecule has 0 amide bonds. The molecule has 0 fully saturated rings. The highest BCUT2D eigenvalue weighted by molar-refractivity contribution is 5.45. The van der Waals surface area contributed by atoms with Crippen LogP contribution in [0.25, 0.3) is 5.78 Å². The molecule has 0 bridgehead atoms. The second-order valence-electron chi connectivity index (χ2n) is 4.92. The van der Waals surface area contributed by atoms with Crippen molar-refractivity contribution < 1.29 is 17.6 Å². The van der Waals surface area contributed by atoms with Crippen LogP contribution in [0.4, 0.5) is 23.4 Å². The van der Waals surface area contributed by atoms with Gasteiger partial charge in [-0.3, -0.25) is 0 Å². The van der Waals surface area contributed by atoms with E-state index in [9.17, 15) is 17.6 Å². The van der Waals surface area contributed by atoms with Gasteiger partial charge in [-0.15, -0.1) is 0 Å². The van der Waals surface area contributed by atoms with E-state index in [1.54, 1.807) is 13.0 Å². The Morgan fingerprint density at radius 2 is 1.88 bits per heavy atom. The molecular weight excluding hydrogens is 338 g/mol.